The normalized spacial score (nSPS) is 36.2. The van der Waals surface area contributed by atoms with Gasteiger partial charge in [0.05, 0.1) is 6.10 Å². The first-order valence-corrected chi connectivity index (χ1v) is 12.2. The van der Waals surface area contributed by atoms with Gasteiger partial charge in [-0.1, -0.05) is 0 Å². The monoisotopic (exact) mass is 413 g/mol. The van der Waals surface area contributed by atoms with Crippen LogP contribution in [0.1, 0.15) is 19.3 Å². The third kappa shape index (κ3) is 3.14. The van der Waals surface area contributed by atoms with Crippen LogP contribution in [0.2, 0.25) is 0 Å². The summed E-state index contributed by atoms with van der Waals surface area (Å²) in [6, 6.07) is 7.89. The minimum absolute atomic E-state index is 0.234. The lowest BCUT2D eigenvalue weighted by atomic mass is 9.94. The molecule has 7 nitrogen and oxygen atoms in total. The Kier molecular flexibility index (Phi) is 4.38. The molecular formula is C18H21O7S2+. The van der Waals surface area contributed by atoms with E-state index in [9.17, 15) is 13.2 Å². The molecule has 27 heavy (non-hydrogen) atoms. The highest BCUT2D eigenvalue weighted by molar-refractivity contribution is 7.97. The largest absolute Gasteiger partial charge is 0.482 e. The first-order valence-electron chi connectivity index (χ1n) is 9.19. The van der Waals surface area contributed by atoms with Gasteiger partial charge >= 0.3 is 5.97 Å². The van der Waals surface area contributed by atoms with Gasteiger partial charge in [0.15, 0.2) is 17.6 Å². The first kappa shape index (κ1) is 17.8. The second kappa shape index (κ2) is 6.65. The van der Waals surface area contributed by atoms with E-state index in [1.54, 1.807) is 0 Å². The molecule has 5 rings (SSSR count). The van der Waals surface area contributed by atoms with Crippen molar-refractivity contribution in [3.8, 4) is 5.75 Å². The molecule has 146 valence electrons. The molecule has 4 heterocycles. The maximum atomic E-state index is 12.2. The van der Waals surface area contributed by atoms with Crippen LogP contribution in [0.25, 0.3) is 0 Å². The Morgan fingerprint density at radius 1 is 1.15 bits per heavy atom. The average molecular weight is 413 g/mol. The topological polar surface area (TPSA) is 88.1 Å². The fraction of sp³-hybridized carbons (Fsp3) is 0.611. The van der Waals surface area contributed by atoms with Gasteiger partial charge in [-0.15, -0.1) is 0 Å². The van der Waals surface area contributed by atoms with E-state index in [1.807, 2.05) is 12.1 Å². The molecule has 0 spiro atoms. The lowest BCUT2D eigenvalue weighted by molar-refractivity contribution is -0.157. The summed E-state index contributed by atoms with van der Waals surface area (Å²) >= 11 is 0. The summed E-state index contributed by atoms with van der Waals surface area (Å²) in [5.74, 6) is 2.58. The van der Waals surface area contributed by atoms with Crippen LogP contribution in [0.15, 0.2) is 29.2 Å². The summed E-state index contributed by atoms with van der Waals surface area (Å²) in [4.78, 5) is 13.5. The van der Waals surface area contributed by atoms with E-state index in [4.69, 9.17) is 18.4 Å². The van der Waals surface area contributed by atoms with Crippen LogP contribution >= 0.6 is 0 Å². The molecule has 1 aromatic carbocycles. The lowest BCUT2D eigenvalue weighted by Gasteiger charge is -2.21. The van der Waals surface area contributed by atoms with Crippen molar-refractivity contribution in [2.45, 2.75) is 53.8 Å². The molecule has 0 aromatic heterocycles. The quantitative estimate of drug-likeness (QED) is 0.404. The summed E-state index contributed by atoms with van der Waals surface area (Å²) in [5, 5.41) is -0.627. The van der Waals surface area contributed by atoms with Crippen molar-refractivity contribution in [1.29, 1.82) is 0 Å². The van der Waals surface area contributed by atoms with E-state index in [0.29, 0.717) is 23.1 Å². The smallest absolute Gasteiger partial charge is 0.344 e. The van der Waals surface area contributed by atoms with Crippen LogP contribution in [0.4, 0.5) is 0 Å². The fourth-order valence-electron chi connectivity index (χ4n) is 4.31. The van der Waals surface area contributed by atoms with Crippen molar-refractivity contribution < 1.29 is 31.6 Å². The zero-order valence-corrected chi connectivity index (χ0v) is 16.2. The van der Waals surface area contributed by atoms with Gasteiger partial charge in [-0.25, -0.2) is 4.79 Å². The maximum absolute atomic E-state index is 12.2. The van der Waals surface area contributed by atoms with Gasteiger partial charge in [-0.2, -0.15) is 8.42 Å². The Hall–Kier alpha value is -1.29. The molecule has 5 atom stereocenters. The minimum atomic E-state index is -3.61. The molecule has 0 N–H and O–H groups in total. The molecule has 5 unspecified atom stereocenters. The highest BCUT2D eigenvalue weighted by Gasteiger charge is 2.67. The van der Waals surface area contributed by atoms with Crippen molar-refractivity contribution in [3.63, 3.8) is 0 Å². The second-order valence-electron chi connectivity index (χ2n) is 7.29. The predicted molar refractivity (Wildman–Crippen MR) is 97.3 cm³/mol. The molecule has 1 aromatic rings. The third-order valence-corrected chi connectivity index (χ3v) is 9.80. The van der Waals surface area contributed by atoms with Gasteiger partial charge < -0.3 is 14.2 Å². The molecule has 0 amide bonds. The number of carbonyl (C=O) groups is 1. The van der Waals surface area contributed by atoms with Gasteiger partial charge in [0, 0.05) is 10.9 Å². The average Bonchev–Trinajstić information content (AvgIpc) is 3.40. The van der Waals surface area contributed by atoms with E-state index < -0.39 is 45.8 Å². The molecule has 0 aliphatic carbocycles. The van der Waals surface area contributed by atoms with Crippen LogP contribution in [0.3, 0.4) is 0 Å². The van der Waals surface area contributed by atoms with Crippen LogP contribution in [-0.2, 0) is 39.5 Å². The van der Waals surface area contributed by atoms with Gasteiger partial charge in [-0.05, 0) is 43.5 Å². The third-order valence-electron chi connectivity index (χ3n) is 5.61. The number of rotatable bonds is 5. The lowest BCUT2D eigenvalue weighted by Crippen LogP contribution is -2.42. The predicted octanol–water partition coefficient (Wildman–Crippen LogP) is 1.02. The molecule has 4 fully saturated rings. The first-order chi connectivity index (χ1) is 13.0. The number of hydrogen-bond donors (Lipinski definition) is 0. The summed E-state index contributed by atoms with van der Waals surface area (Å²) in [6.45, 7) is -0.234. The van der Waals surface area contributed by atoms with E-state index in [1.165, 1.54) is 29.2 Å². The standard InChI is InChI=1S/C18H21O7S2/c19-15(10-22-11-3-5-12(6-4-11)26-7-1-2-8-26)24-16-13-9-14-17(23-13)18(16)25-27(14,20)21/h3-6,13-14,16-18H,1-2,7-10H2/q+1. The van der Waals surface area contributed by atoms with E-state index >= 15 is 0 Å². The molecule has 4 saturated heterocycles. The number of benzene rings is 1. The number of carbonyl (C=O) groups excluding carboxylic acids is 1. The van der Waals surface area contributed by atoms with Crippen molar-refractivity contribution in [1.82, 2.24) is 0 Å². The van der Waals surface area contributed by atoms with Gasteiger partial charge in [-0.3, -0.25) is 4.18 Å². The van der Waals surface area contributed by atoms with Crippen molar-refractivity contribution in [2.75, 3.05) is 18.1 Å². The maximum Gasteiger partial charge on any atom is 0.344 e. The van der Waals surface area contributed by atoms with Crippen LogP contribution < -0.4 is 4.74 Å². The zero-order chi connectivity index (χ0) is 18.6. The number of fused-ring (bicyclic) bond motifs is 1. The Bertz CT molecular complexity index is 832. The summed E-state index contributed by atoms with van der Waals surface area (Å²) in [5.41, 5.74) is 0. The number of ether oxygens (including phenoxy) is 3. The number of esters is 1. The van der Waals surface area contributed by atoms with Crippen LogP contribution in [0, 0.1) is 0 Å². The second-order valence-corrected chi connectivity index (χ2v) is 11.3. The van der Waals surface area contributed by atoms with Crippen molar-refractivity contribution in [3.05, 3.63) is 24.3 Å². The Morgan fingerprint density at radius 2 is 1.89 bits per heavy atom. The summed E-state index contributed by atoms with van der Waals surface area (Å²) in [7, 11) is -3.26. The van der Waals surface area contributed by atoms with E-state index in [2.05, 4.69) is 12.1 Å². The fourth-order valence-corrected chi connectivity index (χ4v) is 8.26. The highest BCUT2D eigenvalue weighted by Crippen LogP contribution is 2.47. The highest BCUT2D eigenvalue weighted by atomic mass is 32.2. The Morgan fingerprint density at radius 3 is 2.63 bits per heavy atom. The summed E-state index contributed by atoms with van der Waals surface area (Å²) in [6.07, 6.45) is 0.547. The van der Waals surface area contributed by atoms with Gasteiger partial charge in [0.2, 0.25) is 0 Å². The molecule has 4 aliphatic heterocycles. The SMILES string of the molecule is O=C(COc1ccc([S+]2CCCC2)cc1)OC1C2CC3C(O2)C1OS3(=O)=O. The molecule has 0 radical (unpaired) electrons. The van der Waals surface area contributed by atoms with E-state index in [0.717, 1.165) is 0 Å². The van der Waals surface area contributed by atoms with Crippen LogP contribution in [0.5, 0.6) is 5.75 Å². The number of hydrogen-bond acceptors (Lipinski definition) is 7. The molecule has 9 heteroatoms. The van der Waals surface area contributed by atoms with E-state index in [-0.39, 0.29) is 6.61 Å². The molecule has 2 bridgehead atoms. The summed E-state index contributed by atoms with van der Waals surface area (Å²) < 4.78 is 45.4. The van der Waals surface area contributed by atoms with Crippen molar-refractivity contribution in [2.24, 2.45) is 0 Å². The Balaban J connectivity index is 1.15. The van der Waals surface area contributed by atoms with Crippen LogP contribution in [-0.4, -0.2) is 62.2 Å². The molecule has 0 saturated carbocycles. The Labute approximate surface area is 160 Å². The molecule has 4 aliphatic rings. The zero-order valence-electron chi connectivity index (χ0n) is 14.6. The van der Waals surface area contributed by atoms with Crippen molar-refractivity contribution >= 4 is 27.0 Å². The van der Waals surface area contributed by atoms with Gasteiger partial charge in [0.1, 0.15) is 34.7 Å². The minimum Gasteiger partial charge on any atom is -0.482 e. The molecular weight excluding hydrogens is 392 g/mol. The van der Waals surface area contributed by atoms with Gasteiger partial charge in [0.25, 0.3) is 10.1 Å².